The van der Waals surface area contributed by atoms with Crippen molar-refractivity contribution >= 4 is 28.5 Å². The highest BCUT2D eigenvalue weighted by atomic mass is 32.1. The Morgan fingerprint density at radius 3 is 2.63 bits per heavy atom. The van der Waals surface area contributed by atoms with Crippen LogP contribution in [-0.4, -0.2) is 22.9 Å². The van der Waals surface area contributed by atoms with Gasteiger partial charge in [-0.3, -0.25) is 10.1 Å². The van der Waals surface area contributed by atoms with E-state index in [2.05, 4.69) is 21.9 Å². The van der Waals surface area contributed by atoms with Gasteiger partial charge in [0.15, 0.2) is 0 Å². The predicted octanol–water partition coefficient (Wildman–Crippen LogP) is 2.29. The summed E-state index contributed by atoms with van der Waals surface area (Å²) in [5.74, 6) is -0.410. The van der Waals surface area contributed by atoms with Crippen molar-refractivity contribution in [2.75, 3.05) is 11.9 Å². The molecule has 0 aliphatic heterocycles. The van der Waals surface area contributed by atoms with E-state index in [9.17, 15) is 9.59 Å². The fourth-order valence-corrected chi connectivity index (χ4v) is 2.74. The van der Waals surface area contributed by atoms with Crippen LogP contribution in [-0.2, 0) is 0 Å². The van der Waals surface area contributed by atoms with Gasteiger partial charge < -0.3 is 11.1 Å². The van der Waals surface area contributed by atoms with E-state index < -0.39 is 5.91 Å². The Balaban J connectivity index is 3.00. The zero-order valence-corrected chi connectivity index (χ0v) is 12.3. The van der Waals surface area contributed by atoms with Crippen LogP contribution >= 0.6 is 11.5 Å². The first-order valence-corrected chi connectivity index (χ1v) is 7.12. The van der Waals surface area contributed by atoms with Crippen LogP contribution in [0.3, 0.4) is 0 Å². The van der Waals surface area contributed by atoms with E-state index in [1.54, 1.807) is 0 Å². The van der Waals surface area contributed by atoms with E-state index in [4.69, 9.17) is 5.73 Å². The molecule has 1 aromatic rings. The number of anilines is 1. The van der Waals surface area contributed by atoms with E-state index in [-0.39, 0.29) is 11.9 Å². The molecule has 0 radical (unpaired) electrons. The van der Waals surface area contributed by atoms with Gasteiger partial charge >= 0.3 is 6.03 Å². The van der Waals surface area contributed by atoms with Gasteiger partial charge in [0.2, 0.25) is 0 Å². The number of nitrogens with two attached hydrogens (primary N) is 1. The van der Waals surface area contributed by atoms with Crippen LogP contribution in [0.5, 0.6) is 0 Å². The van der Waals surface area contributed by atoms with Gasteiger partial charge in [-0.1, -0.05) is 20.3 Å². The fraction of sp³-hybridized carbons (Fsp3) is 0.583. The molecule has 0 fully saturated rings. The summed E-state index contributed by atoms with van der Waals surface area (Å²) in [6, 6.07) is -0.358. The molecule has 1 heterocycles. The molecule has 1 atom stereocenters. The minimum atomic E-state index is -0.557. The summed E-state index contributed by atoms with van der Waals surface area (Å²) in [4.78, 5) is 23.1. The van der Waals surface area contributed by atoms with E-state index in [0.29, 0.717) is 22.8 Å². The molecular formula is C12H20N4O2S. The molecule has 0 bridgehead atoms. The molecule has 19 heavy (non-hydrogen) atoms. The number of amides is 3. The molecule has 1 aromatic heterocycles. The van der Waals surface area contributed by atoms with Crippen molar-refractivity contribution in [1.82, 2.24) is 9.69 Å². The quantitative estimate of drug-likeness (QED) is 0.747. The summed E-state index contributed by atoms with van der Waals surface area (Å²) in [5, 5.41) is 5.63. The predicted molar refractivity (Wildman–Crippen MR) is 76.7 cm³/mol. The molecule has 0 spiro atoms. The summed E-state index contributed by atoms with van der Waals surface area (Å²) < 4.78 is 4.27. The lowest BCUT2D eigenvalue weighted by Crippen LogP contribution is -2.29. The number of carbonyl (C=O) groups excluding carboxylic acids is 2. The molecule has 0 aromatic carbocycles. The fourth-order valence-electron chi connectivity index (χ4n) is 1.84. The van der Waals surface area contributed by atoms with Crippen molar-refractivity contribution in [2.24, 2.45) is 5.73 Å². The number of nitrogens with one attached hydrogen (secondary N) is 2. The Morgan fingerprint density at radius 1 is 1.42 bits per heavy atom. The van der Waals surface area contributed by atoms with E-state index in [1.165, 1.54) is 0 Å². The summed E-state index contributed by atoms with van der Waals surface area (Å²) in [5.41, 5.74) is 6.40. The van der Waals surface area contributed by atoms with Gasteiger partial charge in [-0.05, 0) is 24.9 Å². The first-order valence-electron chi connectivity index (χ1n) is 6.35. The second kappa shape index (κ2) is 7.08. The van der Waals surface area contributed by atoms with Crippen LogP contribution < -0.4 is 16.4 Å². The average molecular weight is 284 g/mol. The molecule has 3 amide bonds. The van der Waals surface area contributed by atoms with Gasteiger partial charge in [0.05, 0.1) is 11.3 Å². The maximum Gasteiger partial charge on any atom is 0.319 e. The first kappa shape index (κ1) is 15.4. The molecule has 1 unspecified atom stereocenters. The van der Waals surface area contributed by atoms with Gasteiger partial charge in [-0.2, -0.15) is 4.37 Å². The van der Waals surface area contributed by atoms with E-state index in [0.717, 1.165) is 24.4 Å². The third-order valence-electron chi connectivity index (χ3n) is 2.72. The number of primary amides is 1. The van der Waals surface area contributed by atoms with Crippen molar-refractivity contribution in [3.8, 4) is 0 Å². The number of urea groups is 1. The zero-order chi connectivity index (χ0) is 14.4. The third-order valence-corrected chi connectivity index (χ3v) is 3.49. The first-order chi connectivity index (χ1) is 9.01. The van der Waals surface area contributed by atoms with Crippen LogP contribution in [0, 0.1) is 0 Å². The topological polar surface area (TPSA) is 97.1 Å². The summed E-state index contributed by atoms with van der Waals surface area (Å²) in [7, 11) is 0. The maximum absolute atomic E-state index is 11.6. The van der Waals surface area contributed by atoms with Crippen molar-refractivity contribution in [2.45, 2.75) is 39.5 Å². The maximum atomic E-state index is 11.6. The molecular weight excluding hydrogens is 264 g/mol. The summed E-state index contributed by atoms with van der Waals surface area (Å²) in [6.45, 7) is 6.40. The van der Waals surface area contributed by atoms with Crippen molar-refractivity contribution in [1.29, 1.82) is 0 Å². The Hall–Kier alpha value is -1.63. The molecule has 4 N–H and O–H groups in total. The van der Waals surface area contributed by atoms with Gasteiger partial charge in [-0.15, -0.1) is 0 Å². The number of hydrogen-bond acceptors (Lipinski definition) is 4. The number of rotatable bonds is 6. The standard InChI is InChI=1S/C12H20N4O2S/c1-4-6-7(3)9-8(10(13)17)11(19-16-9)15-12(18)14-5-2/h7H,4-6H2,1-3H3,(H2,13,17)(H2,14,15,18). The average Bonchev–Trinajstić information content (AvgIpc) is 2.73. The Bertz CT molecular complexity index is 459. The molecule has 0 saturated heterocycles. The summed E-state index contributed by atoms with van der Waals surface area (Å²) in [6.07, 6.45) is 1.92. The van der Waals surface area contributed by atoms with Crippen LogP contribution in [0.1, 0.15) is 55.6 Å². The highest BCUT2D eigenvalue weighted by Gasteiger charge is 2.23. The molecule has 7 heteroatoms. The second-order valence-electron chi connectivity index (χ2n) is 4.31. The van der Waals surface area contributed by atoms with Gasteiger partial charge in [0.25, 0.3) is 5.91 Å². The van der Waals surface area contributed by atoms with E-state index in [1.807, 2.05) is 13.8 Å². The molecule has 106 valence electrons. The largest absolute Gasteiger partial charge is 0.365 e. The lowest BCUT2D eigenvalue weighted by molar-refractivity contribution is 0.1000. The van der Waals surface area contributed by atoms with Gasteiger partial charge in [0, 0.05) is 12.5 Å². The van der Waals surface area contributed by atoms with E-state index >= 15 is 0 Å². The Morgan fingerprint density at radius 2 is 2.11 bits per heavy atom. The molecule has 0 aliphatic rings. The molecule has 0 saturated carbocycles. The molecule has 1 rings (SSSR count). The monoisotopic (exact) mass is 284 g/mol. The van der Waals surface area contributed by atoms with Crippen LogP contribution in [0.15, 0.2) is 0 Å². The lowest BCUT2D eigenvalue weighted by atomic mass is 9.98. The van der Waals surface area contributed by atoms with Crippen LogP contribution in [0.25, 0.3) is 0 Å². The number of aromatic nitrogens is 1. The number of carbonyl (C=O) groups is 2. The molecule has 6 nitrogen and oxygen atoms in total. The Labute approximate surface area is 116 Å². The third kappa shape index (κ3) is 3.92. The van der Waals surface area contributed by atoms with Crippen molar-refractivity contribution in [3.63, 3.8) is 0 Å². The SMILES string of the molecule is CCCC(C)c1nsc(NC(=O)NCC)c1C(N)=O. The van der Waals surface area contributed by atoms with Gasteiger partial charge in [-0.25, -0.2) is 4.79 Å². The zero-order valence-electron chi connectivity index (χ0n) is 11.4. The van der Waals surface area contributed by atoms with Crippen LogP contribution in [0.2, 0.25) is 0 Å². The number of hydrogen-bond donors (Lipinski definition) is 3. The normalized spacial score (nSPS) is 11.9. The minimum Gasteiger partial charge on any atom is -0.365 e. The van der Waals surface area contributed by atoms with Crippen LogP contribution in [0.4, 0.5) is 9.80 Å². The number of nitrogens with zero attached hydrogens (tertiary/aromatic N) is 1. The van der Waals surface area contributed by atoms with Crippen molar-refractivity contribution < 1.29 is 9.59 Å². The van der Waals surface area contributed by atoms with Gasteiger partial charge in [0.1, 0.15) is 5.00 Å². The highest BCUT2D eigenvalue weighted by molar-refractivity contribution is 7.11. The minimum absolute atomic E-state index is 0.147. The summed E-state index contributed by atoms with van der Waals surface area (Å²) >= 11 is 1.09. The van der Waals surface area contributed by atoms with Crippen molar-refractivity contribution in [3.05, 3.63) is 11.3 Å². The Kier molecular flexibility index (Phi) is 5.75. The smallest absolute Gasteiger partial charge is 0.319 e. The molecule has 0 aliphatic carbocycles. The highest BCUT2D eigenvalue weighted by Crippen LogP contribution is 2.31. The lowest BCUT2D eigenvalue weighted by Gasteiger charge is -2.09. The second-order valence-corrected chi connectivity index (χ2v) is 5.08.